The number of rotatable bonds is 7. The summed E-state index contributed by atoms with van der Waals surface area (Å²) in [6.45, 7) is 5.58. The first-order chi connectivity index (χ1) is 14.7. The molecule has 6 heteroatoms. The molecule has 0 saturated carbocycles. The molecule has 0 bridgehead atoms. The van der Waals surface area contributed by atoms with E-state index in [2.05, 4.69) is 12.1 Å². The van der Waals surface area contributed by atoms with Gasteiger partial charge in [0.25, 0.3) is 0 Å². The lowest BCUT2D eigenvalue weighted by atomic mass is 9.90. The molecule has 30 heavy (non-hydrogen) atoms. The molecule has 0 spiro atoms. The molecule has 0 aromatic heterocycles. The van der Waals surface area contributed by atoms with Crippen LogP contribution in [-0.2, 0) is 30.1 Å². The van der Waals surface area contributed by atoms with E-state index in [1.807, 2.05) is 56.3 Å². The average Bonchev–Trinajstić information content (AvgIpc) is 2.77. The van der Waals surface area contributed by atoms with Crippen molar-refractivity contribution < 1.29 is 23.7 Å². The van der Waals surface area contributed by atoms with Crippen molar-refractivity contribution in [3.05, 3.63) is 70.7 Å². The van der Waals surface area contributed by atoms with Gasteiger partial charge in [0.2, 0.25) is 0 Å². The highest BCUT2D eigenvalue weighted by atomic mass is 35.5. The van der Waals surface area contributed by atoms with Crippen molar-refractivity contribution >= 4 is 11.6 Å². The number of hydrogen-bond acceptors (Lipinski definition) is 5. The van der Waals surface area contributed by atoms with E-state index >= 15 is 0 Å². The minimum absolute atomic E-state index is 0.135. The van der Waals surface area contributed by atoms with Crippen molar-refractivity contribution in [1.82, 2.24) is 0 Å². The van der Waals surface area contributed by atoms with Crippen molar-refractivity contribution in [2.24, 2.45) is 0 Å². The molecule has 6 unspecified atom stereocenters. The van der Waals surface area contributed by atoms with Crippen molar-refractivity contribution in [3.8, 4) is 0 Å². The number of halogens is 1. The summed E-state index contributed by atoms with van der Waals surface area (Å²) in [4.78, 5) is 0. The summed E-state index contributed by atoms with van der Waals surface area (Å²) in [6.07, 6.45) is -0.814. The number of benzene rings is 2. The van der Waals surface area contributed by atoms with Gasteiger partial charge in [0.05, 0.1) is 12.7 Å². The van der Waals surface area contributed by atoms with Crippen LogP contribution in [0.5, 0.6) is 0 Å². The van der Waals surface area contributed by atoms with Crippen LogP contribution in [0.4, 0.5) is 0 Å². The molecule has 0 aliphatic carbocycles. The molecule has 2 fully saturated rings. The van der Waals surface area contributed by atoms with Gasteiger partial charge in [0.15, 0.2) is 6.29 Å². The van der Waals surface area contributed by atoms with Gasteiger partial charge >= 0.3 is 0 Å². The van der Waals surface area contributed by atoms with Crippen LogP contribution in [0.3, 0.4) is 0 Å². The van der Waals surface area contributed by atoms with Crippen LogP contribution < -0.4 is 0 Å². The second kappa shape index (κ2) is 10.2. The summed E-state index contributed by atoms with van der Waals surface area (Å²) in [5.41, 5.74) is 2.13. The van der Waals surface area contributed by atoms with E-state index in [0.717, 1.165) is 12.0 Å². The predicted octanol–water partition coefficient (Wildman–Crippen LogP) is 4.57. The smallest absolute Gasteiger partial charge is 0.184 e. The van der Waals surface area contributed by atoms with Gasteiger partial charge in [0, 0.05) is 30.2 Å². The third-order valence-electron chi connectivity index (χ3n) is 5.56. The highest BCUT2D eigenvalue weighted by Crippen LogP contribution is 2.37. The van der Waals surface area contributed by atoms with Crippen LogP contribution in [0.15, 0.2) is 54.6 Å². The summed E-state index contributed by atoms with van der Waals surface area (Å²) >= 11 is 6.02. The summed E-state index contributed by atoms with van der Waals surface area (Å²) in [5, 5.41) is 0.681. The first kappa shape index (κ1) is 21.8. The molecule has 5 nitrogen and oxygen atoms in total. The van der Waals surface area contributed by atoms with Gasteiger partial charge in [0.1, 0.15) is 24.4 Å². The number of ether oxygens (including phenoxy) is 5. The molecule has 6 atom stereocenters. The van der Waals surface area contributed by atoms with Gasteiger partial charge in [-0.2, -0.15) is 0 Å². The Hall–Kier alpha value is -1.47. The summed E-state index contributed by atoms with van der Waals surface area (Å²) in [5.74, 6) is 0. The molecule has 2 aromatic rings. The maximum Gasteiger partial charge on any atom is 0.184 e. The quantitative estimate of drug-likeness (QED) is 0.641. The molecule has 0 amide bonds. The van der Waals surface area contributed by atoms with E-state index in [4.69, 9.17) is 35.3 Å². The normalized spacial score (nSPS) is 31.3. The van der Waals surface area contributed by atoms with Crippen LogP contribution in [0.2, 0.25) is 5.02 Å². The first-order valence-corrected chi connectivity index (χ1v) is 11.0. The Labute approximate surface area is 183 Å². The second-order valence-electron chi connectivity index (χ2n) is 7.56. The van der Waals surface area contributed by atoms with Crippen molar-refractivity contribution in [3.63, 3.8) is 0 Å². The molecule has 0 N–H and O–H groups in total. The fourth-order valence-corrected chi connectivity index (χ4v) is 4.36. The zero-order valence-corrected chi connectivity index (χ0v) is 18.2. The lowest BCUT2D eigenvalue weighted by Crippen LogP contribution is -2.63. The van der Waals surface area contributed by atoms with E-state index in [1.165, 1.54) is 5.56 Å². The maximum atomic E-state index is 6.46. The first-order valence-electron chi connectivity index (χ1n) is 10.6. The third kappa shape index (κ3) is 4.88. The maximum absolute atomic E-state index is 6.46. The molecule has 2 aliphatic heterocycles. The van der Waals surface area contributed by atoms with Crippen LogP contribution in [-0.4, -0.2) is 50.3 Å². The summed E-state index contributed by atoms with van der Waals surface area (Å²) in [6, 6.07) is 17.8. The Morgan fingerprint density at radius 2 is 1.60 bits per heavy atom. The van der Waals surface area contributed by atoms with Gasteiger partial charge in [-0.25, -0.2) is 0 Å². The molecule has 162 valence electrons. The molecule has 2 aromatic carbocycles. The van der Waals surface area contributed by atoms with Crippen LogP contribution in [0.1, 0.15) is 31.3 Å². The molecule has 2 saturated heterocycles. The molecular formula is C24H29ClO5. The van der Waals surface area contributed by atoms with Gasteiger partial charge in [-0.1, -0.05) is 54.1 Å². The SMILES string of the molecule is CCOC1C(Cc2ccccc2)OC2COC(c3ccc(Cl)cc3)OC2C1OCC. The Morgan fingerprint density at radius 3 is 2.30 bits per heavy atom. The topological polar surface area (TPSA) is 46.2 Å². The highest BCUT2D eigenvalue weighted by molar-refractivity contribution is 6.30. The molecule has 4 rings (SSSR count). The van der Waals surface area contributed by atoms with Crippen LogP contribution in [0.25, 0.3) is 0 Å². The Kier molecular flexibility index (Phi) is 7.41. The number of fused-ring (bicyclic) bond motifs is 1. The molecular weight excluding hydrogens is 404 g/mol. The van der Waals surface area contributed by atoms with E-state index in [0.29, 0.717) is 24.8 Å². The Bertz CT molecular complexity index is 784. The van der Waals surface area contributed by atoms with Crippen molar-refractivity contribution in [2.75, 3.05) is 19.8 Å². The molecule has 2 aliphatic rings. The largest absolute Gasteiger partial charge is 0.373 e. The highest BCUT2D eigenvalue weighted by Gasteiger charge is 2.50. The van der Waals surface area contributed by atoms with E-state index in [9.17, 15) is 0 Å². The fraction of sp³-hybridized carbons (Fsp3) is 0.500. The fourth-order valence-electron chi connectivity index (χ4n) is 4.23. The number of hydrogen-bond donors (Lipinski definition) is 0. The van der Waals surface area contributed by atoms with Crippen LogP contribution in [0, 0.1) is 0 Å². The van der Waals surface area contributed by atoms with Crippen molar-refractivity contribution in [1.29, 1.82) is 0 Å². The second-order valence-corrected chi connectivity index (χ2v) is 8.00. The van der Waals surface area contributed by atoms with Crippen molar-refractivity contribution in [2.45, 2.75) is 57.1 Å². The standard InChI is InChI=1S/C24H29ClO5/c1-3-26-21-19(14-16-8-6-5-7-9-16)29-20-15-28-24(17-10-12-18(25)13-11-17)30-22(20)23(21)27-4-2/h5-13,19-24H,3-4,14-15H2,1-2H3. The van der Waals surface area contributed by atoms with Gasteiger partial charge < -0.3 is 23.7 Å². The van der Waals surface area contributed by atoms with Gasteiger partial charge in [-0.05, 0) is 31.5 Å². The monoisotopic (exact) mass is 432 g/mol. The average molecular weight is 433 g/mol. The van der Waals surface area contributed by atoms with E-state index in [1.54, 1.807) is 0 Å². The zero-order valence-electron chi connectivity index (χ0n) is 17.4. The Morgan fingerprint density at radius 1 is 0.900 bits per heavy atom. The van der Waals surface area contributed by atoms with E-state index < -0.39 is 6.29 Å². The lowest BCUT2D eigenvalue weighted by Gasteiger charge is -2.49. The predicted molar refractivity (Wildman–Crippen MR) is 115 cm³/mol. The van der Waals surface area contributed by atoms with Crippen LogP contribution >= 0.6 is 11.6 Å². The lowest BCUT2D eigenvalue weighted by molar-refractivity contribution is -0.336. The summed E-state index contributed by atoms with van der Waals surface area (Å²) < 4.78 is 31.2. The van der Waals surface area contributed by atoms with Gasteiger partial charge in [-0.15, -0.1) is 0 Å². The third-order valence-corrected chi connectivity index (χ3v) is 5.81. The minimum Gasteiger partial charge on any atom is -0.373 e. The van der Waals surface area contributed by atoms with Gasteiger partial charge in [-0.3, -0.25) is 0 Å². The molecule has 0 radical (unpaired) electrons. The Balaban J connectivity index is 1.55. The van der Waals surface area contributed by atoms with E-state index in [-0.39, 0.29) is 30.5 Å². The summed E-state index contributed by atoms with van der Waals surface area (Å²) in [7, 11) is 0. The molecule has 2 heterocycles. The minimum atomic E-state index is -0.483. The zero-order chi connectivity index (χ0) is 20.9.